The van der Waals surface area contributed by atoms with Gasteiger partial charge in [0.25, 0.3) is 0 Å². The molecule has 0 unspecified atom stereocenters. The van der Waals surface area contributed by atoms with Crippen molar-refractivity contribution in [1.29, 1.82) is 0 Å². The Hall–Kier alpha value is -1.76. The van der Waals surface area contributed by atoms with Crippen LogP contribution in [0.2, 0.25) is 0 Å². The van der Waals surface area contributed by atoms with Gasteiger partial charge in [-0.25, -0.2) is 8.42 Å². The molecule has 6 nitrogen and oxygen atoms in total. The predicted molar refractivity (Wildman–Crippen MR) is 92.2 cm³/mol. The number of anilines is 1. The van der Waals surface area contributed by atoms with Crippen molar-refractivity contribution in [2.24, 2.45) is 5.92 Å². The highest BCUT2D eigenvalue weighted by molar-refractivity contribution is 7.92. The van der Waals surface area contributed by atoms with E-state index < -0.39 is 16.1 Å². The van der Waals surface area contributed by atoms with E-state index in [-0.39, 0.29) is 17.9 Å². The Kier molecular flexibility index (Phi) is 6.44. The first-order valence-electron chi connectivity index (χ1n) is 7.51. The summed E-state index contributed by atoms with van der Waals surface area (Å²) in [7, 11) is -2.12. The van der Waals surface area contributed by atoms with Crippen molar-refractivity contribution >= 4 is 21.6 Å². The van der Waals surface area contributed by atoms with Crippen LogP contribution < -0.4 is 14.4 Å². The van der Waals surface area contributed by atoms with Crippen LogP contribution in [0.1, 0.15) is 27.7 Å². The number of benzene rings is 1. The molecule has 1 aromatic carbocycles. The van der Waals surface area contributed by atoms with E-state index in [0.29, 0.717) is 11.4 Å². The second-order valence-electron chi connectivity index (χ2n) is 5.98. The van der Waals surface area contributed by atoms with Crippen molar-refractivity contribution in [3.63, 3.8) is 0 Å². The van der Waals surface area contributed by atoms with Crippen LogP contribution in [-0.2, 0) is 14.8 Å². The van der Waals surface area contributed by atoms with Gasteiger partial charge < -0.3 is 10.1 Å². The lowest BCUT2D eigenvalue weighted by molar-refractivity contribution is -0.122. The van der Waals surface area contributed by atoms with Crippen LogP contribution in [0.4, 0.5) is 5.69 Å². The van der Waals surface area contributed by atoms with Crippen LogP contribution in [-0.4, -0.2) is 39.8 Å². The van der Waals surface area contributed by atoms with Crippen molar-refractivity contribution in [2.75, 3.05) is 17.7 Å². The predicted octanol–water partition coefficient (Wildman–Crippen LogP) is 2.01. The standard InChI is InChI=1S/C16H26N2O4S/c1-11(2)12(3)17-16(19)13(4)18(23(6,20)21)14-8-7-9-15(10-14)22-5/h7-13H,1-6H3,(H,17,19)/t12-,13+/m1/s1. The summed E-state index contributed by atoms with van der Waals surface area (Å²) in [5, 5.41) is 2.85. The van der Waals surface area contributed by atoms with Gasteiger partial charge in [-0.15, -0.1) is 0 Å². The van der Waals surface area contributed by atoms with Crippen LogP contribution in [0.5, 0.6) is 5.75 Å². The molecule has 130 valence electrons. The SMILES string of the molecule is COc1cccc(N([C@@H](C)C(=O)N[C@H](C)C(C)C)S(C)(=O)=O)c1. The van der Waals surface area contributed by atoms with Crippen LogP contribution in [0.15, 0.2) is 24.3 Å². The van der Waals surface area contributed by atoms with Crippen LogP contribution >= 0.6 is 0 Å². The van der Waals surface area contributed by atoms with E-state index in [0.717, 1.165) is 10.6 Å². The Morgan fingerprint density at radius 2 is 1.83 bits per heavy atom. The van der Waals surface area contributed by atoms with Gasteiger partial charge in [-0.3, -0.25) is 9.10 Å². The molecule has 1 N–H and O–H groups in total. The third-order valence-electron chi connectivity index (χ3n) is 3.77. The average molecular weight is 342 g/mol. The Labute approximate surface area is 138 Å². The van der Waals surface area contributed by atoms with Gasteiger partial charge in [0.2, 0.25) is 15.9 Å². The van der Waals surface area contributed by atoms with Crippen LogP contribution in [0.3, 0.4) is 0 Å². The topological polar surface area (TPSA) is 75.7 Å². The van der Waals surface area contributed by atoms with Crippen LogP contribution in [0, 0.1) is 5.92 Å². The maximum atomic E-state index is 12.4. The Balaban J connectivity index is 3.14. The number of carbonyl (C=O) groups excluding carboxylic acids is 1. The molecule has 0 bridgehead atoms. The van der Waals surface area contributed by atoms with Gasteiger partial charge in [-0.2, -0.15) is 0 Å². The number of methoxy groups -OCH3 is 1. The third kappa shape index (κ3) is 5.13. The first-order valence-corrected chi connectivity index (χ1v) is 9.36. The van der Waals surface area contributed by atoms with Gasteiger partial charge in [-0.1, -0.05) is 19.9 Å². The number of carbonyl (C=O) groups is 1. The first-order chi connectivity index (χ1) is 10.6. The lowest BCUT2D eigenvalue weighted by Gasteiger charge is -2.30. The highest BCUT2D eigenvalue weighted by Crippen LogP contribution is 2.25. The molecule has 0 heterocycles. The Bertz CT molecular complexity index is 643. The number of nitrogens with one attached hydrogen (secondary N) is 1. The maximum absolute atomic E-state index is 12.4. The monoisotopic (exact) mass is 342 g/mol. The molecule has 1 aromatic rings. The summed E-state index contributed by atoms with van der Waals surface area (Å²) in [5.74, 6) is 0.452. The second-order valence-corrected chi connectivity index (χ2v) is 7.84. The van der Waals surface area contributed by atoms with E-state index in [1.54, 1.807) is 31.2 Å². The van der Waals surface area contributed by atoms with Crippen molar-refractivity contribution in [2.45, 2.75) is 39.8 Å². The van der Waals surface area contributed by atoms with Crippen molar-refractivity contribution < 1.29 is 17.9 Å². The molecule has 1 amide bonds. The molecule has 0 aliphatic heterocycles. The Morgan fingerprint density at radius 1 is 1.22 bits per heavy atom. The summed E-state index contributed by atoms with van der Waals surface area (Å²) in [6, 6.07) is 5.73. The minimum absolute atomic E-state index is 0.0448. The molecule has 0 aliphatic carbocycles. The zero-order valence-electron chi connectivity index (χ0n) is 14.5. The number of nitrogens with zero attached hydrogens (tertiary/aromatic N) is 1. The minimum atomic E-state index is -3.63. The van der Waals surface area contributed by atoms with Gasteiger partial charge in [0.15, 0.2) is 0 Å². The molecule has 23 heavy (non-hydrogen) atoms. The fraction of sp³-hybridized carbons (Fsp3) is 0.562. The molecule has 0 aliphatic rings. The molecule has 0 saturated carbocycles. The summed E-state index contributed by atoms with van der Waals surface area (Å²) < 4.78 is 30.6. The highest BCUT2D eigenvalue weighted by atomic mass is 32.2. The molecule has 7 heteroatoms. The second kappa shape index (κ2) is 7.68. The Morgan fingerprint density at radius 3 is 2.30 bits per heavy atom. The molecule has 0 fully saturated rings. The number of sulfonamides is 1. The molecule has 0 spiro atoms. The number of rotatable bonds is 7. The number of hydrogen-bond acceptors (Lipinski definition) is 4. The van der Waals surface area contributed by atoms with Gasteiger partial charge in [0, 0.05) is 12.1 Å². The van der Waals surface area contributed by atoms with Crippen molar-refractivity contribution in [1.82, 2.24) is 5.32 Å². The lowest BCUT2D eigenvalue weighted by atomic mass is 10.1. The van der Waals surface area contributed by atoms with Gasteiger partial charge in [0.1, 0.15) is 11.8 Å². The largest absolute Gasteiger partial charge is 0.497 e. The van der Waals surface area contributed by atoms with Gasteiger partial charge >= 0.3 is 0 Å². The summed E-state index contributed by atoms with van der Waals surface area (Å²) in [4.78, 5) is 12.4. The molecule has 1 rings (SSSR count). The molecular formula is C16H26N2O4S. The minimum Gasteiger partial charge on any atom is -0.497 e. The number of hydrogen-bond donors (Lipinski definition) is 1. The van der Waals surface area contributed by atoms with Crippen LogP contribution in [0.25, 0.3) is 0 Å². The number of amides is 1. The molecule has 2 atom stereocenters. The summed E-state index contributed by atoms with van der Waals surface area (Å²) in [6.45, 7) is 7.45. The molecule has 0 aromatic heterocycles. The fourth-order valence-electron chi connectivity index (χ4n) is 2.07. The van der Waals surface area contributed by atoms with E-state index in [1.807, 2.05) is 20.8 Å². The summed E-state index contributed by atoms with van der Waals surface area (Å²) in [6.07, 6.45) is 1.09. The number of ether oxygens (including phenoxy) is 1. The van der Waals surface area contributed by atoms with E-state index in [1.165, 1.54) is 7.11 Å². The fourth-order valence-corrected chi connectivity index (χ4v) is 3.23. The van der Waals surface area contributed by atoms with E-state index in [9.17, 15) is 13.2 Å². The quantitative estimate of drug-likeness (QED) is 0.822. The zero-order chi connectivity index (χ0) is 17.8. The van der Waals surface area contributed by atoms with Crippen molar-refractivity contribution in [3.8, 4) is 5.75 Å². The smallest absolute Gasteiger partial charge is 0.243 e. The van der Waals surface area contributed by atoms with E-state index in [2.05, 4.69) is 5.32 Å². The summed E-state index contributed by atoms with van der Waals surface area (Å²) in [5.41, 5.74) is 0.395. The average Bonchev–Trinajstić information content (AvgIpc) is 2.45. The first kappa shape index (κ1) is 19.3. The lowest BCUT2D eigenvalue weighted by Crippen LogP contribution is -2.50. The normalized spacial score (nSPS) is 14.2. The highest BCUT2D eigenvalue weighted by Gasteiger charge is 2.30. The van der Waals surface area contributed by atoms with Gasteiger partial charge in [-0.05, 0) is 31.9 Å². The maximum Gasteiger partial charge on any atom is 0.243 e. The third-order valence-corrected chi connectivity index (χ3v) is 5.01. The van der Waals surface area contributed by atoms with Gasteiger partial charge in [0.05, 0.1) is 19.1 Å². The van der Waals surface area contributed by atoms with E-state index >= 15 is 0 Å². The molecule has 0 radical (unpaired) electrons. The molecular weight excluding hydrogens is 316 g/mol. The van der Waals surface area contributed by atoms with Crippen molar-refractivity contribution in [3.05, 3.63) is 24.3 Å². The van der Waals surface area contributed by atoms with E-state index in [4.69, 9.17) is 4.74 Å². The zero-order valence-corrected chi connectivity index (χ0v) is 15.3. The molecule has 0 saturated heterocycles. The summed E-state index contributed by atoms with van der Waals surface area (Å²) >= 11 is 0.